The van der Waals surface area contributed by atoms with Crippen LogP contribution < -0.4 is 10.1 Å². The summed E-state index contributed by atoms with van der Waals surface area (Å²) < 4.78 is 32.3. The Morgan fingerprint density at radius 3 is 2.36 bits per heavy atom. The van der Waals surface area contributed by atoms with Gasteiger partial charge in [0.2, 0.25) is 15.9 Å². The molecule has 1 amide bonds. The number of carbonyl (C=O) groups is 1. The summed E-state index contributed by atoms with van der Waals surface area (Å²) in [6, 6.07) is 4.69. The Balaban J connectivity index is 1.57. The molecule has 1 N–H and O–H groups in total. The summed E-state index contributed by atoms with van der Waals surface area (Å²) in [5, 5.41) is 3.41. The molecule has 7 nitrogen and oxygen atoms in total. The molecule has 9 heteroatoms. The van der Waals surface area contributed by atoms with E-state index < -0.39 is 10.0 Å². The minimum absolute atomic E-state index is 0.0547. The quantitative estimate of drug-likeness (QED) is 0.774. The SMILES string of the molecule is COc1ccc(S(=O)(=O)N2CCC(C(=O)NC3CCN(C)CC3)CC2)cc1Cl. The Bertz CT molecular complexity index is 801. The number of ether oxygens (including phenoxy) is 1. The topological polar surface area (TPSA) is 79.0 Å². The van der Waals surface area contributed by atoms with Crippen LogP contribution in [-0.4, -0.2) is 69.9 Å². The van der Waals surface area contributed by atoms with Crippen molar-refractivity contribution in [3.05, 3.63) is 23.2 Å². The maximum absolute atomic E-state index is 12.9. The van der Waals surface area contributed by atoms with Crippen LogP contribution in [0.2, 0.25) is 5.02 Å². The maximum Gasteiger partial charge on any atom is 0.243 e. The van der Waals surface area contributed by atoms with Crippen molar-refractivity contribution in [2.24, 2.45) is 5.92 Å². The molecule has 0 aromatic heterocycles. The first kappa shape index (κ1) is 21.4. The number of hydrogen-bond donors (Lipinski definition) is 1. The van der Waals surface area contributed by atoms with Gasteiger partial charge in [-0.1, -0.05) is 11.6 Å². The summed E-state index contributed by atoms with van der Waals surface area (Å²) in [5.74, 6) is 0.356. The Hall–Kier alpha value is -1.35. The predicted octanol–water partition coefficient (Wildman–Crippen LogP) is 1.96. The number of hydrogen-bond acceptors (Lipinski definition) is 5. The molecule has 28 heavy (non-hydrogen) atoms. The lowest BCUT2D eigenvalue weighted by atomic mass is 9.96. The van der Waals surface area contributed by atoms with Crippen LogP contribution >= 0.6 is 11.6 Å². The lowest BCUT2D eigenvalue weighted by Crippen LogP contribution is -2.48. The van der Waals surface area contributed by atoms with Crippen LogP contribution in [-0.2, 0) is 14.8 Å². The maximum atomic E-state index is 12.9. The van der Waals surface area contributed by atoms with Gasteiger partial charge in [-0.3, -0.25) is 4.79 Å². The van der Waals surface area contributed by atoms with Crippen LogP contribution in [0.25, 0.3) is 0 Å². The van der Waals surface area contributed by atoms with Crippen LogP contribution in [0.5, 0.6) is 5.75 Å². The summed E-state index contributed by atoms with van der Waals surface area (Å²) in [5.41, 5.74) is 0. The van der Waals surface area contributed by atoms with E-state index in [4.69, 9.17) is 16.3 Å². The zero-order valence-electron chi connectivity index (χ0n) is 16.4. The predicted molar refractivity (Wildman–Crippen MR) is 108 cm³/mol. The number of rotatable bonds is 5. The summed E-state index contributed by atoms with van der Waals surface area (Å²) in [4.78, 5) is 15.0. The molecule has 0 aliphatic carbocycles. The molecule has 2 aliphatic heterocycles. The number of sulfonamides is 1. The average Bonchev–Trinajstić information content (AvgIpc) is 2.69. The fourth-order valence-corrected chi connectivity index (χ4v) is 5.61. The molecule has 3 rings (SSSR count). The van der Waals surface area contributed by atoms with Crippen molar-refractivity contribution in [1.29, 1.82) is 0 Å². The van der Waals surface area contributed by atoms with Crippen molar-refractivity contribution >= 4 is 27.5 Å². The third-order valence-corrected chi connectivity index (χ3v) is 7.84. The van der Waals surface area contributed by atoms with Crippen molar-refractivity contribution in [2.75, 3.05) is 40.3 Å². The van der Waals surface area contributed by atoms with E-state index in [1.165, 1.54) is 23.5 Å². The molecular weight excluding hydrogens is 402 g/mol. The highest BCUT2D eigenvalue weighted by Gasteiger charge is 2.33. The zero-order chi connectivity index (χ0) is 20.3. The fraction of sp³-hybridized carbons (Fsp3) is 0.632. The van der Waals surface area contributed by atoms with Crippen LogP contribution in [0.3, 0.4) is 0 Å². The summed E-state index contributed by atoms with van der Waals surface area (Å²) in [6.45, 7) is 2.65. The fourth-order valence-electron chi connectivity index (χ4n) is 3.79. The highest BCUT2D eigenvalue weighted by atomic mass is 35.5. The van der Waals surface area contributed by atoms with Crippen molar-refractivity contribution in [3.8, 4) is 5.75 Å². The second kappa shape index (κ2) is 8.98. The van der Waals surface area contributed by atoms with E-state index in [9.17, 15) is 13.2 Å². The molecule has 2 heterocycles. The van der Waals surface area contributed by atoms with Gasteiger partial charge in [-0.2, -0.15) is 4.31 Å². The van der Waals surface area contributed by atoms with Crippen molar-refractivity contribution in [3.63, 3.8) is 0 Å². The first-order valence-electron chi connectivity index (χ1n) is 9.64. The highest BCUT2D eigenvalue weighted by molar-refractivity contribution is 7.89. The molecule has 0 unspecified atom stereocenters. The van der Waals surface area contributed by atoms with Gasteiger partial charge in [0.1, 0.15) is 5.75 Å². The number of likely N-dealkylation sites (tertiary alicyclic amines) is 1. The van der Waals surface area contributed by atoms with Crippen LogP contribution in [0.15, 0.2) is 23.1 Å². The molecule has 156 valence electrons. The largest absolute Gasteiger partial charge is 0.495 e. The zero-order valence-corrected chi connectivity index (χ0v) is 17.9. The van der Waals surface area contributed by atoms with Gasteiger partial charge in [0, 0.05) is 25.0 Å². The summed E-state index contributed by atoms with van der Waals surface area (Å²) in [6.07, 6.45) is 2.99. The molecular formula is C19H28ClN3O4S. The molecule has 2 fully saturated rings. The lowest BCUT2D eigenvalue weighted by Gasteiger charge is -2.33. The van der Waals surface area contributed by atoms with Crippen LogP contribution in [0.4, 0.5) is 0 Å². The molecule has 0 atom stereocenters. The monoisotopic (exact) mass is 429 g/mol. The van der Waals surface area contributed by atoms with Gasteiger partial charge >= 0.3 is 0 Å². The Morgan fingerprint density at radius 1 is 1.14 bits per heavy atom. The van der Waals surface area contributed by atoms with E-state index in [0.29, 0.717) is 31.7 Å². The first-order valence-corrected chi connectivity index (χ1v) is 11.5. The number of piperidine rings is 2. The van der Waals surface area contributed by atoms with E-state index >= 15 is 0 Å². The van der Waals surface area contributed by atoms with E-state index in [1.807, 2.05) is 0 Å². The van der Waals surface area contributed by atoms with Gasteiger partial charge in [-0.15, -0.1) is 0 Å². The Kier molecular flexibility index (Phi) is 6.85. The summed E-state index contributed by atoms with van der Waals surface area (Å²) in [7, 11) is -0.0654. The highest BCUT2D eigenvalue weighted by Crippen LogP contribution is 2.30. The van der Waals surface area contributed by atoms with Crippen molar-refractivity contribution in [2.45, 2.75) is 36.6 Å². The number of halogens is 1. The average molecular weight is 430 g/mol. The first-order chi connectivity index (χ1) is 13.3. The van der Waals surface area contributed by atoms with Gasteiger partial charge in [-0.05, 0) is 64.0 Å². The van der Waals surface area contributed by atoms with Crippen LogP contribution in [0.1, 0.15) is 25.7 Å². The molecule has 1 aromatic carbocycles. The summed E-state index contributed by atoms with van der Waals surface area (Å²) >= 11 is 6.08. The normalized spacial score (nSPS) is 20.8. The Morgan fingerprint density at radius 2 is 1.79 bits per heavy atom. The smallest absolute Gasteiger partial charge is 0.243 e. The van der Waals surface area contributed by atoms with Crippen LogP contribution in [0, 0.1) is 5.92 Å². The van der Waals surface area contributed by atoms with E-state index in [1.54, 1.807) is 6.07 Å². The molecule has 2 saturated heterocycles. The third kappa shape index (κ3) is 4.79. The lowest BCUT2D eigenvalue weighted by molar-refractivity contribution is -0.127. The number of carbonyl (C=O) groups excluding carboxylic acids is 1. The van der Waals surface area contributed by atoms with E-state index in [0.717, 1.165) is 25.9 Å². The van der Waals surface area contributed by atoms with Gasteiger partial charge in [0.15, 0.2) is 0 Å². The number of amides is 1. The molecule has 0 bridgehead atoms. The van der Waals surface area contributed by atoms with E-state index in [-0.39, 0.29) is 27.8 Å². The van der Waals surface area contributed by atoms with Gasteiger partial charge in [0.05, 0.1) is 17.0 Å². The number of nitrogens with one attached hydrogen (secondary N) is 1. The minimum atomic E-state index is -3.64. The second-order valence-electron chi connectivity index (χ2n) is 7.56. The minimum Gasteiger partial charge on any atom is -0.495 e. The molecule has 0 radical (unpaired) electrons. The Labute approximate surface area is 172 Å². The molecule has 0 saturated carbocycles. The second-order valence-corrected chi connectivity index (χ2v) is 9.91. The third-order valence-electron chi connectivity index (χ3n) is 5.65. The molecule has 2 aliphatic rings. The van der Waals surface area contributed by atoms with E-state index in [2.05, 4.69) is 17.3 Å². The van der Waals surface area contributed by atoms with Crippen molar-refractivity contribution in [1.82, 2.24) is 14.5 Å². The molecule has 1 aromatic rings. The van der Waals surface area contributed by atoms with Crippen molar-refractivity contribution < 1.29 is 17.9 Å². The number of benzene rings is 1. The number of nitrogens with zero attached hydrogens (tertiary/aromatic N) is 2. The standard InChI is InChI=1S/C19H28ClN3O4S/c1-22-9-7-15(8-10-22)21-19(24)14-5-11-23(12-6-14)28(25,26)16-3-4-18(27-2)17(20)13-16/h3-4,13-15H,5-12H2,1-2H3,(H,21,24). The molecule has 0 spiro atoms. The van der Waals surface area contributed by atoms with Gasteiger partial charge in [-0.25, -0.2) is 8.42 Å². The van der Waals surface area contributed by atoms with Gasteiger partial charge in [0.25, 0.3) is 0 Å². The number of methoxy groups -OCH3 is 1. The van der Waals surface area contributed by atoms with Gasteiger partial charge < -0.3 is 15.0 Å².